The number of hydrogen-bond donors (Lipinski definition) is 2. The Hall–Kier alpha value is -2.30. The van der Waals surface area contributed by atoms with Crippen molar-refractivity contribution in [3.63, 3.8) is 0 Å². The van der Waals surface area contributed by atoms with Crippen LogP contribution in [-0.4, -0.2) is 15.7 Å². The van der Waals surface area contributed by atoms with Gasteiger partial charge in [-0.3, -0.25) is 9.48 Å². The molecule has 3 N–H and O–H groups in total. The lowest BCUT2D eigenvalue weighted by molar-refractivity contribution is 0.0950. The van der Waals surface area contributed by atoms with Crippen LogP contribution < -0.4 is 11.1 Å². The van der Waals surface area contributed by atoms with Crippen molar-refractivity contribution >= 4 is 11.6 Å². The second-order valence-electron chi connectivity index (χ2n) is 4.40. The zero-order valence-electron chi connectivity index (χ0n) is 11.2. The number of nitrogens with zero attached hydrogens (tertiary/aromatic N) is 2. The molecule has 5 heteroatoms. The number of nitrogens with one attached hydrogen (secondary N) is 1. The normalized spacial score (nSPS) is 10.4. The van der Waals surface area contributed by atoms with E-state index >= 15 is 0 Å². The Balaban J connectivity index is 2.07. The molecule has 0 fully saturated rings. The van der Waals surface area contributed by atoms with Crippen LogP contribution in [0.3, 0.4) is 0 Å². The van der Waals surface area contributed by atoms with Gasteiger partial charge in [0.25, 0.3) is 5.91 Å². The van der Waals surface area contributed by atoms with Crippen molar-refractivity contribution < 1.29 is 4.79 Å². The number of hydrogen-bond acceptors (Lipinski definition) is 3. The van der Waals surface area contributed by atoms with Gasteiger partial charge in [0.15, 0.2) is 0 Å². The Labute approximate surface area is 112 Å². The zero-order chi connectivity index (χ0) is 13.8. The van der Waals surface area contributed by atoms with Crippen LogP contribution in [0.2, 0.25) is 0 Å². The van der Waals surface area contributed by atoms with Gasteiger partial charge in [-0.1, -0.05) is 25.1 Å². The molecule has 0 unspecified atom stereocenters. The van der Waals surface area contributed by atoms with Crippen LogP contribution in [0.1, 0.15) is 28.5 Å². The molecule has 0 aliphatic rings. The van der Waals surface area contributed by atoms with E-state index in [1.54, 1.807) is 10.9 Å². The van der Waals surface area contributed by atoms with E-state index in [9.17, 15) is 4.79 Å². The predicted octanol–water partition coefficient (Wildman–Crippen LogP) is 1.49. The number of benzene rings is 1. The molecule has 1 amide bonds. The van der Waals surface area contributed by atoms with E-state index in [-0.39, 0.29) is 5.91 Å². The largest absolute Gasteiger partial charge is 0.398 e. The lowest BCUT2D eigenvalue weighted by Gasteiger charge is -2.07. The first kappa shape index (κ1) is 13.1. The molecule has 0 bridgehead atoms. The Kier molecular flexibility index (Phi) is 3.85. The molecule has 0 saturated carbocycles. The average Bonchev–Trinajstić information content (AvgIpc) is 2.79. The monoisotopic (exact) mass is 258 g/mol. The van der Waals surface area contributed by atoms with Gasteiger partial charge in [-0.25, -0.2) is 0 Å². The molecule has 0 spiro atoms. The summed E-state index contributed by atoms with van der Waals surface area (Å²) >= 11 is 0. The Morgan fingerprint density at radius 2 is 2.16 bits per heavy atom. The van der Waals surface area contributed by atoms with E-state index in [4.69, 9.17) is 5.73 Å². The van der Waals surface area contributed by atoms with Crippen LogP contribution in [0, 0.1) is 0 Å². The van der Waals surface area contributed by atoms with Crippen LogP contribution in [0.15, 0.2) is 30.5 Å². The Morgan fingerprint density at radius 3 is 2.84 bits per heavy atom. The average molecular weight is 258 g/mol. The van der Waals surface area contributed by atoms with E-state index in [1.807, 2.05) is 38.2 Å². The molecule has 0 saturated heterocycles. The fourth-order valence-electron chi connectivity index (χ4n) is 1.95. The highest BCUT2D eigenvalue weighted by Gasteiger charge is 2.14. The first-order chi connectivity index (χ1) is 9.11. The number of para-hydroxylation sites is 1. The molecule has 5 nitrogen and oxygen atoms in total. The standard InChI is InChI=1S/C14H18N4O/c1-3-13-11(9-18(2)17-13)14(19)16-8-10-6-4-5-7-12(10)15/h4-7,9H,3,8,15H2,1-2H3,(H,16,19). The van der Waals surface area contributed by atoms with Crippen molar-refractivity contribution in [2.75, 3.05) is 5.73 Å². The number of carbonyl (C=O) groups is 1. The summed E-state index contributed by atoms with van der Waals surface area (Å²) < 4.78 is 1.66. The number of rotatable bonds is 4. The fraction of sp³-hybridized carbons (Fsp3) is 0.286. The molecule has 0 atom stereocenters. The maximum Gasteiger partial charge on any atom is 0.255 e. The number of amides is 1. The third-order valence-corrected chi connectivity index (χ3v) is 2.98. The molecule has 1 aromatic carbocycles. The van der Waals surface area contributed by atoms with Gasteiger partial charge in [0, 0.05) is 25.5 Å². The molecular formula is C14H18N4O. The Bertz CT molecular complexity index is 589. The van der Waals surface area contributed by atoms with Crippen molar-refractivity contribution in [1.29, 1.82) is 0 Å². The minimum Gasteiger partial charge on any atom is -0.398 e. The second kappa shape index (κ2) is 5.56. The second-order valence-corrected chi connectivity index (χ2v) is 4.40. The summed E-state index contributed by atoms with van der Waals surface area (Å²) in [6.45, 7) is 2.40. The number of nitrogens with two attached hydrogens (primary N) is 1. The summed E-state index contributed by atoms with van der Waals surface area (Å²) in [5.41, 5.74) is 8.87. The topological polar surface area (TPSA) is 72.9 Å². The summed E-state index contributed by atoms with van der Waals surface area (Å²) in [4.78, 5) is 12.1. The van der Waals surface area contributed by atoms with Gasteiger partial charge in [0.2, 0.25) is 0 Å². The van der Waals surface area contributed by atoms with Gasteiger partial charge in [-0.15, -0.1) is 0 Å². The van der Waals surface area contributed by atoms with Gasteiger partial charge in [0.1, 0.15) is 0 Å². The summed E-state index contributed by atoms with van der Waals surface area (Å²) in [6.07, 6.45) is 2.47. The number of aryl methyl sites for hydroxylation is 2. The molecule has 0 radical (unpaired) electrons. The highest BCUT2D eigenvalue weighted by Crippen LogP contribution is 2.11. The zero-order valence-corrected chi connectivity index (χ0v) is 11.2. The van der Waals surface area contributed by atoms with Gasteiger partial charge in [-0.05, 0) is 18.1 Å². The minimum absolute atomic E-state index is 0.117. The smallest absolute Gasteiger partial charge is 0.255 e. The number of nitrogen functional groups attached to an aromatic ring is 1. The maximum atomic E-state index is 12.1. The van der Waals surface area contributed by atoms with Gasteiger partial charge in [-0.2, -0.15) is 5.10 Å². The summed E-state index contributed by atoms with van der Waals surface area (Å²) in [5, 5.41) is 7.13. The highest BCUT2D eigenvalue weighted by atomic mass is 16.1. The van der Waals surface area contributed by atoms with Crippen LogP contribution in [0.5, 0.6) is 0 Å². The van der Waals surface area contributed by atoms with Crippen LogP contribution in [0.25, 0.3) is 0 Å². The molecule has 0 aliphatic carbocycles. The van der Waals surface area contributed by atoms with E-state index in [2.05, 4.69) is 10.4 Å². The third-order valence-electron chi connectivity index (χ3n) is 2.98. The molecular weight excluding hydrogens is 240 g/mol. The SMILES string of the molecule is CCc1nn(C)cc1C(=O)NCc1ccccc1N. The predicted molar refractivity (Wildman–Crippen MR) is 74.6 cm³/mol. The number of carbonyl (C=O) groups excluding carboxylic acids is 1. The van der Waals surface area contributed by atoms with E-state index in [0.29, 0.717) is 17.8 Å². The van der Waals surface area contributed by atoms with Crippen molar-refractivity contribution in [1.82, 2.24) is 15.1 Å². The van der Waals surface area contributed by atoms with Crippen LogP contribution in [0.4, 0.5) is 5.69 Å². The third kappa shape index (κ3) is 2.93. The van der Waals surface area contributed by atoms with E-state index < -0.39 is 0 Å². The maximum absolute atomic E-state index is 12.1. The van der Waals surface area contributed by atoms with Crippen molar-refractivity contribution in [3.8, 4) is 0 Å². The fourth-order valence-corrected chi connectivity index (χ4v) is 1.95. The van der Waals surface area contributed by atoms with Gasteiger partial charge >= 0.3 is 0 Å². The first-order valence-electron chi connectivity index (χ1n) is 6.26. The molecule has 0 aliphatic heterocycles. The molecule has 2 rings (SSSR count). The van der Waals surface area contributed by atoms with Gasteiger partial charge < -0.3 is 11.1 Å². The molecule has 19 heavy (non-hydrogen) atoms. The van der Waals surface area contributed by atoms with Crippen LogP contribution >= 0.6 is 0 Å². The quantitative estimate of drug-likeness (QED) is 0.816. The summed E-state index contributed by atoms with van der Waals surface area (Å²) in [5.74, 6) is -0.117. The van der Waals surface area contributed by atoms with E-state index in [1.165, 1.54) is 0 Å². The van der Waals surface area contributed by atoms with Gasteiger partial charge in [0.05, 0.1) is 11.3 Å². The van der Waals surface area contributed by atoms with Crippen molar-refractivity contribution in [2.24, 2.45) is 7.05 Å². The molecule has 2 aromatic rings. The first-order valence-corrected chi connectivity index (χ1v) is 6.26. The molecule has 1 heterocycles. The minimum atomic E-state index is -0.117. The number of aromatic nitrogens is 2. The van der Waals surface area contributed by atoms with E-state index in [0.717, 1.165) is 17.7 Å². The van der Waals surface area contributed by atoms with Crippen LogP contribution in [-0.2, 0) is 20.0 Å². The lowest BCUT2D eigenvalue weighted by atomic mass is 10.1. The summed E-state index contributed by atoms with van der Waals surface area (Å²) in [7, 11) is 1.81. The number of anilines is 1. The lowest BCUT2D eigenvalue weighted by Crippen LogP contribution is -2.23. The molecule has 1 aromatic heterocycles. The Morgan fingerprint density at radius 1 is 1.42 bits per heavy atom. The van der Waals surface area contributed by atoms with Crippen molar-refractivity contribution in [3.05, 3.63) is 47.3 Å². The highest BCUT2D eigenvalue weighted by molar-refractivity contribution is 5.95. The van der Waals surface area contributed by atoms with Crippen molar-refractivity contribution in [2.45, 2.75) is 19.9 Å². The summed E-state index contributed by atoms with van der Waals surface area (Å²) in [6, 6.07) is 7.50. The molecule has 100 valence electrons.